The van der Waals surface area contributed by atoms with Crippen LogP contribution in [0.5, 0.6) is 0 Å². The van der Waals surface area contributed by atoms with Crippen molar-refractivity contribution >= 4 is 5.69 Å². The van der Waals surface area contributed by atoms with Crippen molar-refractivity contribution in [2.45, 2.75) is 25.0 Å². The molecule has 4 heteroatoms. The van der Waals surface area contributed by atoms with Crippen molar-refractivity contribution in [1.29, 1.82) is 0 Å². The summed E-state index contributed by atoms with van der Waals surface area (Å²) in [6.07, 6.45) is 2.99. The average Bonchev–Trinajstić information content (AvgIpc) is 2.97. The molecule has 110 valence electrons. The van der Waals surface area contributed by atoms with Crippen LogP contribution >= 0.6 is 0 Å². The van der Waals surface area contributed by atoms with Crippen molar-refractivity contribution in [1.82, 2.24) is 4.90 Å². The highest BCUT2D eigenvalue weighted by molar-refractivity contribution is 5.46. The summed E-state index contributed by atoms with van der Waals surface area (Å²) in [4.78, 5) is 5.00. The van der Waals surface area contributed by atoms with E-state index in [-0.39, 0.29) is 0 Å². The van der Waals surface area contributed by atoms with Gasteiger partial charge in [-0.05, 0) is 25.0 Å². The summed E-state index contributed by atoms with van der Waals surface area (Å²) in [5, 5.41) is 0. The minimum Gasteiger partial charge on any atom is -0.372 e. The fourth-order valence-electron chi connectivity index (χ4n) is 3.20. The maximum absolute atomic E-state index is 5.94. The largest absolute Gasteiger partial charge is 0.372 e. The number of hydrogen-bond acceptors (Lipinski definition) is 4. The zero-order valence-electron chi connectivity index (χ0n) is 12.1. The third kappa shape index (κ3) is 3.32. The van der Waals surface area contributed by atoms with E-state index in [9.17, 15) is 0 Å². The molecule has 1 aromatic carbocycles. The molecule has 2 heterocycles. The normalized spacial score (nSPS) is 27.9. The fourth-order valence-corrected chi connectivity index (χ4v) is 3.20. The molecule has 2 atom stereocenters. The molecule has 0 bridgehead atoms. The van der Waals surface area contributed by atoms with Crippen molar-refractivity contribution in [2.75, 3.05) is 44.2 Å². The third-order valence-electron chi connectivity index (χ3n) is 4.41. The Labute approximate surface area is 121 Å². The highest BCUT2D eigenvalue weighted by Gasteiger charge is 2.27. The molecule has 2 N–H and O–H groups in total. The van der Waals surface area contributed by atoms with E-state index >= 15 is 0 Å². The smallest absolute Gasteiger partial charge is 0.0707 e. The number of rotatable bonds is 4. The Morgan fingerprint density at radius 3 is 2.35 bits per heavy atom. The van der Waals surface area contributed by atoms with Crippen LogP contribution in [0, 0.1) is 0 Å². The van der Waals surface area contributed by atoms with E-state index in [0.717, 1.165) is 39.1 Å². The topological polar surface area (TPSA) is 41.7 Å². The van der Waals surface area contributed by atoms with Crippen molar-refractivity contribution < 1.29 is 4.74 Å². The van der Waals surface area contributed by atoms with Gasteiger partial charge < -0.3 is 15.4 Å². The highest BCUT2D eigenvalue weighted by atomic mass is 16.5. The zero-order valence-corrected chi connectivity index (χ0v) is 12.1. The van der Waals surface area contributed by atoms with E-state index in [1.165, 1.54) is 12.1 Å². The van der Waals surface area contributed by atoms with Gasteiger partial charge in [0.25, 0.3) is 0 Å². The number of nitrogens with two attached hydrogens (primary N) is 1. The first-order valence-electron chi connectivity index (χ1n) is 7.73. The lowest BCUT2D eigenvalue weighted by Gasteiger charge is -2.37. The van der Waals surface area contributed by atoms with E-state index in [1.807, 2.05) is 0 Å². The Bertz CT molecular complexity index is 403. The quantitative estimate of drug-likeness (QED) is 0.900. The molecular weight excluding hydrogens is 250 g/mol. The Hall–Kier alpha value is -1.10. The number of para-hydroxylation sites is 1. The summed E-state index contributed by atoms with van der Waals surface area (Å²) in [7, 11) is 0. The van der Waals surface area contributed by atoms with E-state index in [1.54, 1.807) is 0 Å². The Morgan fingerprint density at radius 2 is 1.70 bits per heavy atom. The van der Waals surface area contributed by atoms with Crippen LogP contribution < -0.4 is 10.6 Å². The molecule has 2 fully saturated rings. The molecule has 2 unspecified atom stereocenters. The van der Waals surface area contributed by atoms with Gasteiger partial charge in [0.15, 0.2) is 0 Å². The molecule has 0 amide bonds. The fraction of sp³-hybridized carbons (Fsp3) is 0.625. The summed E-state index contributed by atoms with van der Waals surface area (Å²) in [5.41, 5.74) is 7.01. The molecule has 1 aromatic rings. The highest BCUT2D eigenvalue weighted by Crippen LogP contribution is 2.21. The molecule has 20 heavy (non-hydrogen) atoms. The number of anilines is 1. The van der Waals surface area contributed by atoms with Gasteiger partial charge in [0.05, 0.1) is 12.2 Å². The van der Waals surface area contributed by atoms with Gasteiger partial charge >= 0.3 is 0 Å². The summed E-state index contributed by atoms with van der Waals surface area (Å²) < 4.78 is 5.94. The monoisotopic (exact) mass is 275 g/mol. The van der Waals surface area contributed by atoms with Crippen LogP contribution in [0.25, 0.3) is 0 Å². The maximum Gasteiger partial charge on any atom is 0.0707 e. The first kappa shape index (κ1) is 13.9. The van der Waals surface area contributed by atoms with Gasteiger partial charge in [-0.2, -0.15) is 0 Å². The van der Waals surface area contributed by atoms with Crippen LogP contribution in [-0.4, -0.2) is 56.4 Å². The van der Waals surface area contributed by atoms with Crippen molar-refractivity contribution in [2.24, 2.45) is 5.73 Å². The van der Waals surface area contributed by atoms with E-state index in [2.05, 4.69) is 40.1 Å². The summed E-state index contributed by atoms with van der Waals surface area (Å²) in [6, 6.07) is 10.7. The first-order chi connectivity index (χ1) is 9.85. The summed E-state index contributed by atoms with van der Waals surface area (Å²) >= 11 is 0. The van der Waals surface area contributed by atoms with Gasteiger partial charge in [0.2, 0.25) is 0 Å². The van der Waals surface area contributed by atoms with Crippen LogP contribution in [0.15, 0.2) is 30.3 Å². The van der Waals surface area contributed by atoms with E-state index in [4.69, 9.17) is 10.5 Å². The molecule has 2 saturated heterocycles. The van der Waals surface area contributed by atoms with Crippen LogP contribution in [0.1, 0.15) is 12.8 Å². The van der Waals surface area contributed by atoms with Crippen molar-refractivity contribution in [3.8, 4) is 0 Å². The maximum atomic E-state index is 5.94. The Morgan fingerprint density at radius 1 is 1.00 bits per heavy atom. The second-order valence-corrected chi connectivity index (χ2v) is 5.82. The standard InChI is InChI=1S/C16H25N3O/c17-12-15-6-7-16(20-15)13-18-8-10-19(11-9-18)14-4-2-1-3-5-14/h1-5,15-16H,6-13,17H2. The minimum atomic E-state index is 0.297. The average molecular weight is 275 g/mol. The molecule has 3 rings (SSSR count). The van der Waals surface area contributed by atoms with Crippen molar-refractivity contribution in [3.05, 3.63) is 30.3 Å². The molecular formula is C16H25N3O. The van der Waals surface area contributed by atoms with Gasteiger partial charge in [-0.3, -0.25) is 4.90 Å². The predicted molar refractivity (Wildman–Crippen MR) is 82.0 cm³/mol. The molecule has 0 spiro atoms. The molecule has 0 radical (unpaired) electrons. The third-order valence-corrected chi connectivity index (χ3v) is 4.41. The van der Waals surface area contributed by atoms with Gasteiger partial charge in [-0.1, -0.05) is 18.2 Å². The van der Waals surface area contributed by atoms with Gasteiger partial charge in [0, 0.05) is 45.0 Å². The summed E-state index contributed by atoms with van der Waals surface area (Å²) in [6.45, 7) is 6.20. The molecule has 0 aromatic heterocycles. The molecule has 4 nitrogen and oxygen atoms in total. The molecule has 0 saturated carbocycles. The van der Waals surface area contributed by atoms with Crippen LogP contribution in [0.2, 0.25) is 0 Å². The lowest BCUT2D eigenvalue weighted by molar-refractivity contribution is 0.0260. The molecule has 0 aliphatic carbocycles. The number of benzene rings is 1. The van der Waals surface area contributed by atoms with E-state index < -0.39 is 0 Å². The zero-order chi connectivity index (χ0) is 13.8. The second-order valence-electron chi connectivity index (χ2n) is 5.82. The number of nitrogens with zero attached hydrogens (tertiary/aromatic N) is 2. The van der Waals surface area contributed by atoms with Crippen LogP contribution in [-0.2, 0) is 4.74 Å². The lowest BCUT2D eigenvalue weighted by atomic mass is 10.1. The van der Waals surface area contributed by atoms with Crippen LogP contribution in [0.4, 0.5) is 5.69 Å². The number of ether oxygens (including phenoxy) is 1. The minimum absolute atomic E-state index is 0.297. The predicted octanol–water partition coefficient (Wildman–Crippen LogP) is 1.31. The lowest BCUT2D eigenvalue weighted by Crippen LogP contribution is -2.48. The molecule has 2 aliphatic rings. The van der Waals surface area contributed by atoms with Crippen LogP contribution in [0.3, 0.4) is 0 Å². The van der Waals surface area contributed by atoms with Gasteiger partial charge in [-0.15, -0.1) is 0 Å². The summed E-state index contributed by atoms with van der Waals surface area (Å²) in [5.74, 6) is 0. The van der Waals surface area contributed by atoms with Gasteiger partial charge in [0.1, 0.15) is 0 Å². The second kappa shape index (κ2) is 6.57. The Kier molecular flexibility index (Phi) is 4.55. The first-order valence-corrected chi connectivity index (χ1v) is 7.73. The number of piperazine rings is 1. The van der Waals surface area contributed by atoms with E-state index in [0.29, 0.717) is 18.8 Å². The Balaban J connectivity index is 1.45. The SMILES string of the molecule is NCC1CCC(CN2CCN(c3ccccc3)CC2)O1. The van der Waals surface area contributed by atoms with Crippen molar-refractivity contribution in [3.63, 3.8) is 0 Å². The molecule has 2 aliphatic heterocycles. The number of hydrogen-bond donors (Lipinski definition) is 1. The van der Waals surface area contributed by atoms with Gasteiger partial charge in [-0.25, -0.2) is 0 Å².